The van der Waals surface area contributed by atoms with Gasteiger partial charge in [-0.05, 0) is 86.3 Å². The van der Waals surface area contributed by atoms with Crippen molar-refractivity contribution in [1.82, 2.24) is 9.88 Å². The first kappa shape index (κ1) is 23.1. The Bertz CT molecular complexity index is 1160. The van der Waals surface area contributed by atoms with E-state index in [2.05, 4.69) is 47.5 Å². The third-order valence-electron chi connectivity index (χ3n) is 7.23. The molecule has 1 saturated carbocycles. The van der Waals surface area contributed by atoms with Crippen molar-refractivity contribution in [3.05, 3.63) is 71.0 Å². The summed E-state index contributed by atoms with van der Waals surface area (Å²) in [4.78, 5) is 17.2. The zero-order chi connectivity index (χ0) is 23.5. The highest BCUT2D eigenvalue weighted by molar-refractivity contribution is 5.89. The van der Waals surface area contributed by atoms with Gasteiger partial charge in [-0.1, -0.05) is 24.8 Å². The average molecular weight is 443 g/mol. The van der Waals surface area contributed by atoms with E-state index in [-0.39, 0.29) is 17.5 Å². The molecule has 33 heavy (non-hydrogen) atoms. The molecule has 2 aliphatic rings. The number of H-pyrrole nitrogens is 1. The number of hydrogen-bond acceptors (Lipinski definition) is 2. The molecule has 0 spiro atoms. The predicted octanol–water partition coefficient (Wildman–Crippen LogP) is 5.79. The van der Waals surface area contributed by atoms with Crippen LogP contribution >= 0.6 is 0 Å². The highest BCUT2D eigenvalue weighted by Gasteiger charge is 2.31. The zero-order valence-electron chi connectivity index (χ0n) is 19.7. The van der Waals surface area contributed by atoms with E-state index in [1.807, 2.05) is 19.2 Å². The third-order valence-corrected chi connectivity index (χ3v) is 7.23. The summed E-state index contributed by atoms with van der Waals surface area (Å²) in [5.74, 6) is 3.02. The molecule has 1 aromatic carbocycles. The van der Waals surface area contributed by atoms with Crippen LogP contribution in [-0.4, -0.2) is 33.5 Å². The molecule has 172 valence electrons. The van der Waals surface area contributed by atoms with E-state index in [1.54, 1.807) is 6.08 Å². The van der Waals surface area contributed by atoms with Crippen molar-refractivity contribution in [2.75, 3.05) is 6.54 Å². The molecular formula is C29H34N2O2. The number of likely N-dealkylation sites (tertiary alicyclic amines) is 1. The molecular weight excluding hydrogens is 408 g/mol. The Morgan fingerprint density at radius 3 is 2.82 bits per heavy atom. The predicted molar refractivity (Wildman–Crippen MR) is 135 cm³/mol. The molecule has 2 N–H and O–H groups in total. The molecule has 1 aliphatic heterocycles. The normalized spacial score (nSPS) is 22.0. The molecule has 4 heteroatoms. The Morgan fingerprint density at radius 2 is 2.15 bits per heavy atom. The second-order valence-corrected chi connectivity index (χ2v) is 9.57. The number of piperidine rings is 1. The summed E-state index contributed by atoms with van der Waals surface area (Å²) >= 11 is 0. The molecule has 2 aromatic rings. The smallest absolute Gasteiger partial charge is 0.335 e. The van der Waals surface area contributed by atoms with Gasteiger partial charge in [0, 0.05) is 42.1 Å². The number of hydrogen-bond donors (Lipinski definition) is 2. The lowest BCUT2D eigenvalue weighted by atomic mass is 9.86. The highest BCUT2D eigenvalue weighted by Crippen LogP contribution is 2.37. The van der Waals surface area contributed by atoms with Crippen LogP contribution in [0.5, 0.6) is 0 Å². The number of carboxylic acids is 1. The molecule has 4 nitrogen and oxygen atoms in total. The van der Waals surface area contributed by atoms with E-state index in [1.165, 1.54) is 40.4 Å². The van der Waals surface area contributed by atoms with Crippen molar-refractivity contribution >= 4 is 16.9 Å². The Balaban J connectivity index is 1.68. The average Bonchev–Trinajstić information content (AvgIpc) is 3.48. The van der Waals surface area contributed by atoms with Crippen molar-refractivity contribution in [3.8, 4) is 12.3 Å². The first-order valence-electron chi connectivity index (χ1n) is 12.0. The number of aromatic amines is 1. The van der Waals surface area contributed by atoms with Gasteiger partial charge in [0.1, 0.15) is 0 Å². The number of aryl methyl sites for hydroxylation is 1. The van der Waals surface area contributed by atoms with Crippen LogP contribution in [0.3, 0.4) is 0 Å². The number of carboxylic acid groups (broad SMARTS) is 1. The van der Waals surface area contributed by atoms with Gasteiger partial charge in [0.15, 0.2) is 0 Å². The van der Waals surface area contributed by atoms with E-state index in [9.17, 15) is 9.90 Å². The molecule has 4 rings (SSSR count). The second-order valence-electron chi connectivity index (χ2n) is 9.57. The summed E-state index contributed by atoms with van der Waals surface area (Å²) in [7, 11) is 0. The SMILES string of the molecule is C#CC1CCN(Cc2c(CC3CC3)cc(C)c3[nH]ccc23)C(C(/C=C\C(=C)C(=O)O)=C/C)C1. The summed E-state index contributed by atoms with van der Waals surface area (Å²) < 4.78 is 0. The van der Waals surface area contributed by atoms with Crippen LogP contribution in [-0.2, 0) is 17.8 Å². The number of aromatic nitrogens is 1. The van der Waals surface area contributed by atoms with Gasteiger partial charge in [-0.25, -0.2) is 4.79 Å². The number of rotatable bonds is 8. The summed E-state index contributed by atoms with van der Waals surface area (Å²) in [5, 5.41) is 10.5. The number of aliphatic carboxylic acids is 1. The molecule has 2 unspecified atom stereocenters. The van der Waals surface area contributed by atoms with E-state index >= 15 is 0 Å². The standard InChI is InChI=1S/C29H34N2O2/c1-5-21-12-14-31(27(17-21)23(6-2)10-7-19(3)29(32)33)18-26-24(16-22-8-9-22)15-20(4)28-25(26)11-13-30-28/h1,6-7,10-11,13,15,21-22,27,30H,3,8-9,12,14,16-18H2,2,4H3,(H,32,33)/b10-7-,23-6+. The third kappa shape index (κ3) is 5.15. The number of fused-ring (bicyclic) bond motifs is 1. The van der Waals surface area contributed by atoms with Crippen molar-refractivity contribution < 1.29 is 9.90 Å². The molecule has 2 fully saturated rings. The Labute approximate surface area is 197 Å². The number of terminal acetylenes is 1. The molecule has 0 radical (unpaired) electrons. The molecule has 1 saturated heterocycles. The number of nitrogens with zero attached hydrogens (tertiary/aromatic N) is 1. The van der Waals surface area contributed by atoms with Gasteiger partial charge < -0.3 is 10.1 Å². The number of allylic oxidation sites excluding steroid dienone is 1. The summed E-state index contributed by atoms with van der Waals surface area (Å²) in [5.41, 5.74) is 6.60. The van der Waals surface area contributed by atoms with Crippen molar-refractivity contribution in [1.29, 1.82) is 0 Å². The van der Waals surface area contributed by atoms with Gasteiger partial charge in [-0.2, -0.15) is 0 Å². The number of nitrogens with one attached hydrogen (secondary N) is 1. The highest BCUT2D eigenvalue weighted by atomic mass is 16.4. The van der Waals surface area contributed by atoms with Crippen molar-refractivity contribution in [2.45, 2.75) is 58.5 Å². The van der Waals surface area contributed by atoms with Crippen LogP contribution in [0.15, 0.2) is 54.3 Å². The van der Waals surface area contributed by atoms with E-state index in [0.717, 1.165) is 43.8 Å². The summed E-state index contributed by atoms with van der Waals surface area (Å²) in [6.07, 6.45) is 19.1. The Hall–Kier alpha value is -3.03. The quantitative estimate of drug-likeness (QED) is 0.309. The van der Waals surface area contributed by atoms with Crippen molar-refractivity contribution in [2.24, 2.45) is 11.8 Å². The minimum absolute atomic E-state index is 0.0875. The van der Waals surface area contributed by atoms with Gasteiger partial charge in [-0.15, -0.1) is 12.3 Å². The van der Waals surface area contributed by atoms with Gasteiger partial charge in [0.2, 0.25) is 0 Å². The van der Waals surface area contributed by atoms with Gasteiger partial charge >= 0.3 is 5.97 Å². The molecule has 2 atom stereocenters. The van der Waals surface area contributed by atoms with Crippen LogP contribution in [0.2, 0.25) is 0 Å². The molecule has 1 aliphatic carbocycles. The van der Waals surface area contributed by atoms with Crippen molar-refractivity contribution in [3.63, 3.8) is 0 Å². The molecule has 0 bridgehead atoms. The van der Waals surface area contributed by atoms with E-state index < -0.39 is 5.97 Å². The van der Waals surface area contributed by atoms with Crippen LogP contribution in [0, 0.1) is 31.1 Å². The van der Waals surface area contributed by atoms with Gasteiger partial charge in [0.25, 0.3) is 0 Å². The monoisotopic (exact) mass is 442 g/mol. The lowest BCUT2D eigenvalue weighted by molar-refractivity contribution is -0.132. The van der Waals surface area contributed by atoms with E-state index in [4.69, 9.17) is 6.42 Å². The second kappa shape index (κ2) is 9.85. The molecule has 2 heterocycles. The lowest BCUT2D eigenvalue weighted by Gasteiger charge is -2.39. The first-order chi connectivity index (χ1) is 15.9. The minimum atomic E-state index is -0.997. The fraction of sp³-hybridized carbons (Fsp3) is 0.414. The zero-order valence-corrected chi connectivity index (χ0v) is 19.7. The Morgan fingerprint density at radius 1 is 1.36 bits per heavy atom. The topological polar surface area (TPSA) is 56.3 Å². The van der Waals surface area contributed by atoms with Crippen LogP contribution in [0.4, 0.5) is 0 Å². The van der Waals surface area contributed by atoms with Crippen LogP contribution < -0.4 is 0 Å². The Kier molecular flexibility index (Phi) is 6.91. The largest absolute Gasteiger partial charge is 0.478 e. The fourth-order valence-corrected chi connectivity index (χ4v) is 5.11. The maximum Gasteiger partial charge on any atom is 0.335 e. The van der Waals surface area contributed by atoms with Crippen LogP contribution in [0.1, 0.15) is 49.3 Å². The fourth-order valence-electron chi connectivity index (χ4n) is 5.11. The number of carbonyl (C=O) groups is 1. The summed E-state index contributed by atoms with van der Waals surface area (Å²) in [6, 6.07) is 4.74. The maximum absolute atomic E-state index is 11.2. The van der Waals surface area contributed by atoms with Gasteiger partial charge in [-0.3, -0.25) is 4.90 Å². The first-order valence-corrected chi connectivity index (χ1v) is 12.0. The number of benzene rings is 1. The van der Waals surface area contributed by atoms with Gasteiger partial charge in [0.05, 0.1) is 5.57 Å². The van der Waals surface area contributed by atoms with E-state index in [0.29, 0.717) is 0 Å². The van der Waals surface area contributed by atoms with Crippen LogP contribution in [0.25, 0.3) is 10.9 Å². The minimum Gasteiger partial charge on any atom is -0.478 e. The molecule has 1 aromatic heterocycles. The lowest BCUT2D eigenvalue weighted by Crippen LogP contribution is -2.43. The maximum atomic E-state index is 11.2. The molecule has 0 amide bonds. The summed E-state index contributed by atoms with van der Waals surface area (Å²) in [6.45, 7) is 9.63.